The Morgan fingerprint density at radius 1 is 1.02 bits per heavy atom. The quantitative estimate of drug-likeness (QED) is 0.145. The summed E-state index contributed by atoms with van der Waals surface area (Å²) in [6.45, 7) is 5.49. The molecule has 3 atom stereocenters. The van der Waals surface area contributed by atoms with Crippen molar-refractivity contribution in [3.8, 4) is 22.8 Å². The number of nitrogens with one attached hydrogen (secondary N) is 1. The molecular weight excluding hydrogens is 644 g/mol. The standard InChI is InChI=1S/C35H43ClN10O3/c1-23(14-38-22-37)49-32-13-25(4-10-30(32)36)26-15-41-35(42-16-26)43-31-18-46(44-34(31)48-21-33-39-11-2-12-40-33)28-8-6-27(7-9-28)45-17-24-3-5-29(45)20-47-19-24/h2,4,10-13,15-16,18,22-24,27-29H,3,5-9,14,17,19-21H2,1H3,(H2,37,38)(H,41,42,43)/t23-,24?,27?,28?,29+/m0/s1. The first-order valence-corrected chi connectivity index (χ1v) is 17.5. The SMILES string of the molecule is C[C@@H](CN=CN)Oc1cc(-c2cnc(Nc3cn(C4CCC(N5CC6CC[C@@H]5COC6)CC4)nc3OCc3ncccn3)nc2)ccc1Cl. The maximum absolute atomic E-state index is 6.41. The minimum Gasteiger partial charge on any atom is -0.487 e. The van der Waals surface area contributed by atoms with Crippen molar-refractivity contribution in [2.24, 2.45) is 16.6 Å². The van der Waals surface area contributed by atoms with Crippen molar-refractivity contribution in [1.82, 2.24) is 34.6 Å². The molecule has 3 aliphatic heterocycles. The van der Waals surface area contributed by atoms with Gasteiger partial charge in [0.15, 0.2) is 5.82 Å². The van der Waals surface area contributed by atoms with Crippen LogP contribution in [0, 0.1) is 5.92 Å². The number of hydrogen-bond acceptors (Lipinski definition) is 11. The van der Waals surface area contributed by atoms with E-state index in [2.05, 4.69) is 35.1 Å². The Labute approximate surface area is 291 Å². The summed E-state index contributed by atoms with van der Waals surface area (Å²) < 4.78 is 20.2. The number of piperidine rings is 1. The van der Waals surface area contributed by atoms with Crippen LogP contribution in [-0.4, -0.2) is 85.4 Å². The number of ether oxygens (including phenoxy) is 3. The van der Waals surface area contributed by atoms with Crippen LogP contribution in [0.25, 0.3) is 11.1 Å². The predicted molar refractivity (Wildman–Crippen MR) is 187 cm³/mol. The zero-order chi connectivity index (χ0) is 33.6. The van der Waals surface area contributed by atoms with E-state index in [-0.39, 0.29) is 18.8 Å². The summed E-state index contributed by atoms with van der Waals surface area (Å²) in [4.78, 5) is 24.6. The molecule has 1 saturated carbocycles. The van der Waals surface area contributed by atoms with E-state index in [0.717, 1.165) is 50.0 Å². The second kappa shape index (κ2) is 15.5. The molecule has 3 aromatic heterocycles. The van der Waals surface area contributed by atoms with Gasteiger partial charge < -0.3 is 25.3 Å². The number of anilines is 2. The van der Waals surface area contributed by atoms with Crippen LogP contribution in [0.15, 0.2) is 60.2 Å². The number of fused-ring (bicyclic) bond motifs is 4. The molecule has 0 spiro atoms. The van der Waals surface area contributed by atoms with Gasteiger partial charge in [-0.3, -0.25) is 14.6 Å². The Kier molecular flexibility index (Phi) is 10.5. The first kappa shape index (κ1) is 33.2. The highest BCUT2D eigenvalue weighted by molar-refractivity contribution is 6.32. The number of nitrogens with zero attached hydrogens (tertiary/aromatic N) is 8. The first-order chi connectivity index (χ1) is 24.0. The average molecular weight is 687 g/mol. The molecule has 4 fully saturated rings. The summed E-state index contributed by atoms with van der Waals surface area (Å²) in [5.41, 5.74) is 7.74. The van der Waals surface area contributed by atoms with Gasteiger partial charge in [-0.25, -0.2) is 19.9 Å². The number of aliphatic imine (C=N–C) groups is 1. The molecular formula is C35H43ClN10O3. The molecule has 0 amide bonds. The summed E-state index contributed by atoms with van der Waals surface area (Å²) >= 11 is 6.41. The molecule has 258 valence electrons. The van der Waals surface area contributed by atoms with Crippen molar-refractivity contribution in [1.29, 1.82) is 0 Å². The highest BCUT2D eigenvalue weighted by Gasteiger charge is 2.37. The van der Waals surface area contributed by atoms with Gasteiger partial charge in [0, 0.05) is 49.0 Å². The highest BCUT2D eigenvalue weighted by Crippen LogP contribution is 2.38. The van der Waals surface area contributed by atoms with E-state index < -0.39 is 0 Å². The Bertz CT molecular complexity index is 1690. The molecule has 3 N–H and O–H groups in total. The molecule has 2 bridgehead atoms. The monoisotopic (exact) mass is 686 g/mol. The fourth-order valence-electron chi connectivity index (χ4n) is 7.11. The minimum atomic E-state index is -0.194. The van der Waals surface area contributed by atoms with Gasteiger partial charge in [-0.15, -0.1) is 5.10 Å². The number of aromatic nitrogens is 6. The minimum absolute atomic E-state index is 0.191. The van der Waals surface area contributed by atoms with E-state index in [4.69, 9.17) is 36.6 Å². The Morgan fingerprint density at radius 3 is 2.59 bits per heavy atom. The summed E-state index contributed by atoms with van der Waals surface area (Å²) in [7, 11) is 0. The molecule has 1 unspecified atom stereocenters. The van der Waals surface area contributed by atoms with Crippen LogP contribution in [0.4, 0.5) is 11.6 Å². The fourth-order valence-corrected chi connectivity index (χ4v) is 7.27. The van der Waals surface area contributed by atoms with Gasteiger partial charge >= 0.3 is 0 Å². The van der Waals surface area contributed by atoms with Crippen LogP contribution < -0.4 is 20.5 Å². The van der Waals surface area contributed by atoms with Crippen molar-refractivity contribution in [3.05, 3.63) is 66.1 Å². The highest BCUT2D eigenvalue weighted by atomic mass is 35.5. The lowest BCUT2D eigenvalue weighted by Gasteiger charge is -2.43. The van der Waals surface area contributed by atoms with Crippen LogP contribution in [-0.2, 0) is 11.3 Å². The summed E-state index contributed by atoms with van der Waals surface area (Å²) in [6.07, 6.45) is 17.0. The van der Waals surface area contributed by atoms with Crippen LogP contribution in [0.5, 0.6) is 11.6 Å². The molecule has 3 saturated heterocycles. The Balaban J connectivity index is 1.05. The number of benzene rings is 1. The van der Waals surface area contributed by atoms with E-state index >= 15 is 0 Å². The van der Waals surface area contributed by atoms with Gasteiger partial charge in [-0.05, 0) is 75.1 Å². The lowest BCUT2D eigenvalue weighted by Crippen LogP contribution is -2.50. The van der Waals surface area contributed by atoms with E-state index in [1.165, 1.54) is 25.7 Å². The lowest BCUT2D eigenvalue weighted by atomic mass is 9.86. The molecule has 4 aliphatic rings. The van der Waals surface area contributed by atoms with Crippen molar-refractivity contribution < 1.29 is 14.2 Å². The lowest BCUT2D eigenvalue weighted by molar-refractivity contribution is 0.0459. The van der Waals surface area contributed by atoms with E-state index in [0.29, 0.717) is 58.7 Å². The second-order valence-corrected chi connectivity index (χ2v) is 13.5. The number of halogens is 1. The molecule has 14 heteroatoms. The predicted octanol–water partition coefficient (Wildman–Crippen LogP) is 5.45. The number of nitrogens with two attached hydrogens (primary N) is 1. The molecule has 1 aliphatic carbocycles. The van der Waals surface area contributed by atoms with Gasteiger partial charge in [-0.2, -0.15) is 0 Å². The van der Waals surface area contributed by atoms with Gasteiger partial charge in [0.05, 0.1) is 43.4 Å². The maximum Gasteiger partial charge on any atom is 0.257 e. The van der Waals surface area contributed by atoms with Crippen LogP contribution >= 0.6 is 11.6 Å². The third-order valence-electron chi connectivity index (χ3n) is 9.63. The molecule has 6 heterocycles. The molecule has 4 aromatic rings. The summed E-state index contributed by atoms with van der Waals surface area (Å²) in [6, 6.07) is 8.80. The van der Waals surface area contributed by atoms with E-state index in [1.807, 2.05) is 29.9 Å². The fraction of sp³-hybridized carbons (Fsp3) is 0.486. The van der Waals surface area contributed by atoms with Gasteiger partial charge in [0.2, 0.25) is 5.95 Å². The summed E-state index contributed by atoms with van der Waals surface area (Å²) in [5, 5.41) is 8.75. The molecule has 0 radical (unpaired) electrons. The third-order valence-corrected chi connectivity index (χ3v) is 9.95. The zero-order valence-electron chi connectivity index (χ0n) is 27.7. The number of hydrogen-bond donors (Lipinski definition) is 2. The second-order valence-electron chi connectivity index (χ2n) is 13.1. The largest absolute Gasteiger partial charge is 0.487 e. The van der Waals surface area contributed by atoms with Crippen molar-refractivity contribution in [2.45, 2.75) is 76.3 Å². The average Bonchev–Trinajstić information content (AvgIpc) is 3.26. The number of rotatable bonds is 12. The molecule has 13 nitrogen and oxygen atoms in total. The molecule has 1 aromatic carbocycles. The third kappa shape index (κ3) is 8.11. The summed E-state index contributed by atoms with van der Waals surface area (Å²) in [5.74, 6) is 2.68. The van der Waals surface area contributed by atoms with Crippen molar-refractivity contribution >= 4 is 29.6 Å². The molecule has 8 rings (SSSR count). The van der Waals surface area contributed by atoms with Gasteiger partial charge in [0.25, 0.3) is 5.88 Å². The van der Waals surface area contributed by atoms with Gasteiger partial charge in [0.1, 0.15) is 24.1 Å². The smallest absolute Gasteiger partial charge is 0.257 e. The zero-order valence-corrected chi connectivity index (χ0v) is 28.5. The van der Waals surface area contributed by atoms with Gasteiger partial charge in [-0.1, -0.05) is 17.7 Å². The van der Waals surface area contributed by atoms with E-state index in [9.17, 15) is 0 Å². The van der Waals surface area contributed by atoms with E-state index in [1.54, 1.807) is 36.9 Å². The maximum atomic E-state index is 6.41. The van der Waals surface area contributed by atoms with Crippen molar-refractivity contribution in [3.63, 3.8) is 0 Å². The Hall–Kier alpha value is -4.33. The van der Waals surface area contributed by atoms with Crippen molar-refractivity contribution in [2.75, 3.05) is 31.6 Å². The Morgan fingerprint density at radius 2 is 1.80 bits per heavy atom. The van der Waals surface area contributed by atoms with Crippen LogP contribution in [0.2, 0.25) is 5.02 Å². The van der Waals surface area contributed by atoms with Crippen LogP contribution in [0.3, 0.4) is 0 Å². The normalized spacial score (nSPS) is 23.3. The van der Waals surface area contributed by atoms with Crippen LogP contribution in [0.1, 0.15) is 57.3 Å². The topological polar surface area (TPSA) is 151 Å². The molecule has 49 heavy (non-hydrogen) atoms. The first-order valence-electron chi connectivity index (χ1n) is 17.1.